The van der Waals surface area contributed by atoms with Gasteiger partial charge in [0, 0.05) is 6.04 Å². The summed E-state index contributed by atoms with van der Waals surface area (Å²) >= 11 is 0. The Morgan fingerprint density at radius 1 is 1.06 bits per heavy atom. The molecule has 2 saturated heterocycles. The molecule has 2 heterocycles. The summed E-state index contributed by atoms with van der Waals surface area (Å²) in [6.07, 6.45) is 10.2. The maximum atomic E-state index is 13.2. The maximum absolute atomic E-state index is 13.2. The molecular formula is C23H39N3O5. The van der Waals surface area contributed by atoms with Crippen molar-refractivity contribution in [3.8, 4) is 0 Å². The summed E-state index contributed by atoms with van der Waals surface area (Å²) in [6, 6.07) is -2.33. The zero-order chi connectivity index (χ0) is 22.4. The van der Waals surface area contributed by atoms with Crippen LogP contribution in [0.3, 0.4) is 0 Å². The minimum absolute atomic E-state index is 0.0279. The monoisotopic (exact) mass is 437 g/mol. The van der Waals surface area contributed by atoms with Gasteiger partial charge in [0.1, 0.15) is 12.1 Å². The van der Waals surface area contributed by atoms with Crippen molar-refractivity contribution in [3.05, 3.63) is 0 Å². The molecule has 3 aliphatic rings. The third kappa shape index (κ3) is 6.19. The fourth-order valence-electron chi connectivity index (χ4n) is 5.82. The fourth-order valence-corrected chi connectivity index (χ4v) is 5.82. The molecule has 0 unspecified atom stereocenters. The summed E-state index contributed by atoms with van der Waals surface area (Å²) in [5.41, 5.74) is 0. The van der Waals surface area contributed by atoms with Gasteiger partial charge in [-0.25, -0.2) is 4.79 Å². The molecule has 5 atom stereocenters. The predicted molar refractivity (Wildman–Crippen MR) is 117 cm³/mol. The largest absolute Gasteiger partial charge is 0.480 e. The van der Waals surface area contributed by atoms with E-state index in [2.05, 4.69) is 10.6 Å². The van der Waals surface area contributed by atoms with Gasteiger partial charge in [0.25, 0.3) is 0 Å². The van der Waals surface area contributed by atoms with E-state index in [1.165, 1.54) is 12.8 Å². The topological polar surface area (TPSA) is 119 Å². The van der Waals surface area contributed by atoms with Crippen LogP contribution in [0.4, 0.5) is 0 Å². The highest BCUT2D eigenvalue weighted by atomic mass is 16.4. The number of unbranched alkanes of at least 4 members (excludes halogenated alkanes) is 1. The van der Waals surface area contributed by atoms with E-state index >= 15 is 0 Å². The molecule has 0 aromatic rings. The molecule has 1 aliphatic carbocycles. The highest BCUT2D eigenvalue weighted by Crippen LogP contribution is 2.40. The van der Waals surface area contributed by atoms with Gasteiger partial charge < -0.3 is 20.4 Å². The Bertz CT molecular complexity index is 637. The Labute approximate surface area is 185 Å². The van der Waals surface area contributed by atoms with Crippen LogP contribution >= 0.6 is 0 Å². The van der Waals surface area contributed by atoms with Gasteiger partial charge in [-0.2, -0.15) is 0 Å². The second-order valence-electron chi connectivity index (χ2n) is 9.70. The molecule has 1 saturated carbocycles. The Kier molecular flexibility index (Phi) is 8.72. The second-order valence-corrected chi connectivity index (χ2v) is 9.70. The quantitative estimate of drug-likeness (QED) is 0.387. The van der Waals surface area contributed by atoms with Gasteiger partial charge in [-0.1, -0.05) is 32.1 Å². The summed E-state index contributed by atoms with van der Waals surface area (Å²) in [4.78, 5) is 38.4. The van der Waals surface area contributed by atoms with Crippen molar-refractivity contribution in [2.75, 3.05) is 13.1 Å². The molecule has 0 aromatic carbocycles. The molecule has 31 heavy (non-hydrogen) atoms. The molecule has 3 rings (SSSR count). The first kappa shape index (κ1) is 24.0. The smallest absolute Gasteiger partial charge is 0.326 e. The molecule has 176 valence electrons. The van der Waals surface area contributed by atoms with Crippen LogP contribution in [0.5, 0.6) is 0 Å². The third-order valence-electron chi connectivity index (χ3n) is 7.56. The molecule has 0 radical (unpaired) electrons. The van der Waals surface area contributed by atoms with Crippen molar-refractivity contribution in [1.29, 1.82) is 0 Å². The van der Waals surface area contributed by atoms with Gasteiger partial charge in [-0.3, -0.25) is 14.9 Å². The summed E-state index contributed by atoms with van der Waals surface area (Å²) in [7, 11) is 0. The lowest BCUT2D eigenvalue weighted by Crippen LogP contribution is -2.55. The summed E-state index contributed by atoms with van der Waals surface area (Å²) in [5.74, 6) is -1.21. The third-order valence-corrected chi connectivity index (χ3v) is 7.56. The van der Waals surface area contributed by atoms with Gasteiger partial charge in [-0.15, -0.1) is 0 Å². The van der Waals surface area contributed by atoms with Crippen LogP contribution in [0, 0.1) is 11.8 Å². The van der Waals surface area contributed by atoms with Gasteiger partial charge >= 0.3 is 11.9 Å². The standard InChI is InChI=1S/C23H39N3O5/c1-15(21(27)26-19-9-5-3-7-17(19)14-20(26)23(30)31)25-18(22(28)29)8-4-2-6-16-10-12-24-13-11-16/h15-20,24-25H,2-14H2,1H3,(H,28,29)(H,30,31)/t15-,17-,18-,19-,20-/m0/s1. The molecule has 0 bridgehead atoms. The summed E-state index contributed by atoms with van der Waals surface area (Å²) in [6.45, 7) is 3.81. The van der Waals surface area contributed by atoms with E-state index in [0.717, 1.165) is 64.0 Å². The molecule has 0 aromatic heterocycles. The second kappa shape index (κ2) is 11.3. The Morgan fingerprint density at radius 2 is 1.77 bits per heavy atom. The number of amides is 1. The molecule has 0 spiro atoms. The van der Waals surface area contributed by atoms with E-state index in [-0.39, 0.29) is 17.9 Å². The number of aliphatic carboxylic acids is 2. The number of nitrogens with zero attached hydrogens (tertiary/aromatic N) is 1. The number of hydrogen-bond donors (Lipinski definition) is 4. The van der Waals surface area contributed by atoms with E-state index in [4.69, 9.17) is 0 Å². The number of fused-ring (bicyclic) bond motifs is 1. The molecule has 4 N–H and O–H groups in total. The van der Waals surface area contributed by atoms with Crippen molar-refractivity contribution in [3.63, 3.8) is 0 Å². The molecule has 8 heteroatoms. The number of carboxylic acid groups (broad SMARTS) is 2. The number of nitrogens with one attached hydrogen (secondary N) is 2. The molecule has 3 fully saturated rings. The zero-order valence-corrected chi connectivity index (χ0v) is 18.7. The van der Waals surface area contributed by atoms with Crippen molar-refractivity contribution >= 4 is 17.8 Å². The van der Waals surface area contributed by atoms with Crippen LogP contribution in [-0.4, -0.2) is 70.2 Å². The van der Waals surface area contributed by atoms with Crippen molar-refractivity contribution in [1.82, 2.24) is 15.5 Å². The van der Waals surface area contributed by atoms with Gasteiger partial charge in [0.05, 0.1) is 6.04 Å². The summed E-state index contributed by atoms with van der Waals surface area (Å²) in [5, 5.41) is 25.7. The van der Waals surface area contributed by atoms with Crippen LogP contribution in [0.2, 0.25) is 0 Å². The number of hydrogen-bond acceptors (Lipinski definition) is 5. The minimum atomic E-state index is -0.956. The molecular weight excluding hydrogens is 398 g/mol. The van der Waals surface area contributed by atoms with Crippen LogP contribution in [0.15, 0.2) is 0 Å². The zero-order valence-electron chi connectivity index (χ0n) is 18.7. The first-order chi connectivity index (χ1) is 14.9. The lowest BCUT2D eigenvalue weighted by Gasteiger charge is -2.35. The van der Waals surface area contributed by atoms with E-state index < -0.39 is 30.1 Å². The fraction of sp³-hybridized carbons (Fsp3) is 0.870. The number of carbonyl (C=O) groups excluding carboxylic acids is 1. The van der Waals surface area contributed by atoms with Crippen molar-refractivity contribution in [2.45, 2.75) is 102 Å². The van der Waals surface area contributed by atoms with E-state index in [9.17, 15) is 24.6 Å². The number of carbonyl (C=O) groups is 3. The predicted octanol–water partition coefficient (Wildman–Crippen LogP) is 2.22. The van der Waals surface area contributed by atoms with Crippen LogP contribution < -0.4 is 10.6 Å². The molecule has 8 nitrogen and oxygen atoms in total. The molecule has 1 amide bonds. The van der Waals surface area contributed by atoms with E-state index in [1.54, 1.807) is 11.8 Å². The van der Waals surface area contributed by atoms with E-state index in [0.29, 0.717) is 12.8 Å². The van der Waals surface area contributed by atoms with Gasteiger partial charge in [0.15, 0.2) is 0 Å². The average Bonchev–Trinajstić information content (AvgIpc) is 3.15. The van der Waals surface area contributed by atoms with Crippen LogP contribution in [0.1, 0.15) is 77.6 Å². The average molecular weight is 438 g/mol. The highest BCUT2D eigenvalue weighted by molar-refractivity contribution is 5.88. The van der Waals surface area contributed by atoms with Crippen molar-refractivity contribution in [2.24, 2.45) is 11.8 Å². The summed E-state index contributed by atoms with van der Waals surface area (Å²) < 4.78 is 0. The number of likely N-dealkylation sites (tertiary alicyclic amines) is 1. The van der Waals surface area contributed by atoms with Gasteiger partial charge in [0.2, 0.25) is 5.91 Å². The minimum Gasteiger partial charge on any atom is -0.480 e. The number of piperidine rings is 1. The van der Waals surface area contributed by atoms with Crippen LogP contribution in [-0.2, 0) is 14.4 Å². The highest BCUT2D eigenvalue weighted by Gasteiger charge is 2.48. The maximum Gasteiger partial charge on any atom is 0.326 e. The van der Waals surface area contributed by atoms with Gasteiger partial charge in [-0.05, 0) is 70.4 Å². The van der Waals surface area contributed by atoms with E-state index in [1.807, 2.05) is 0 Å². The Morgan fingerprint density at radius 3 is 2.45 bits per heavy atom. The van der Waals surface area contributed by atoms with Crippen molar-refractivity contribution < 1.29 is 24.6 Å². The SMILES string of the molecule is C[C@H](N[C@@H](CCCCC1CCNCC1)C(=O)O)C(=O)N1[C@H](C(=O)O)C[C@@H]2CCCC[C@@H]21. The Hall–Kier alpha value is -1.67. The Balaban J connectivity index is 1.52. The molecule has 2 aliphatic heterocycles. The van der Waals surface area contributed by atoms with Crippen LogP contribution in [0.25, 0.3) is 0 Å². The first-order valence-electron chi connectivity index (χ1n) is 12.1. The normalized spacial score (nSPS) is 28.7. The first-order valence-corrected chi connectivity index (χ1v) is 12.1. The lowest BCUT2D eigenvalue weighted by atomic mass is 9.84. The number of carboxylic acids is 2. The number of rotatable bonds is 10. The lowest BCUT2D eigenvalue weighted by molar-refractivity contribution is -0.151.